The zero-order valence-electron chi connectivity index (χ0n) is 9.69. The molecule has 0 saturated carbocycles. The topological polar surface area (TPSA) is 55.4 Å². The predicted molar refractivity (Wildman–Crippen MR) is 60.7 cm³/mol. The summed E-state index contributed by atoms with van der Waals surface area (Å²) in [5, 5.41) is 2.81. The fourth-order valence-electron chi connectivity index (χ4n) is 2.06. The molecular weight excluding hydrogens is 214 g/mol. The van der Waals surface area contributed by atoms with Crippen molar-refractivity contribution < 1.29 is 13.2 Å². The van der Waals surface area contributed by atoms with Crippen LogP contribution in [0.2, 0.25) is 0 Å². The zero-order valence-corrected chi connectivity index (χ0v) is 10.5. The molecule has 5 heteroatoms. The Bertz CT molecular complexity index is 289. The van der Waals surface area contributed by atoms with Gasteiger partial charge in [0.05, 0.1) is 17.1 Å². The van der Waals surface area contributed by atoms with Crippen molar-refractivity contribution in [3.05, 3.63) is 0 Å². The smallest absolute Gasteiger partial charge is 0.157 e. The Morgan fingerprint density at radius 1 is 1.53 bits per heavy atom. The van der Waals surface area contributed by atoms with E-state index in [0.29, 0.717) is 13.0 Å². The van der Waals surface area contributed by atoms with Crippen molar-refractivity contribution in [2.75, 3.05) is 18.9 Å². The molecule has 1 rings (SSSR count). The zero-order chi connectivity index (χ0) is 11.5. The van der Waals surface area contributed by atoms with Crippen molar-refractivity contribution in [1.82, 2.24) is 5.32 Å². The molecule has 1 saturated heterocycles. The highest BCUT2D eigenvalue weighted by molar-refractivity contribution is 7.92. The van der Waals surface area contributed by atoms with Crippen LogP contribution >= 0.6 is 0 Å². The van der Waals surface area contributed by atoms with E-state index in [1.54, 1.807) is 0 Å². The Balaban J connectivity index is 2.58. The molecule has 0 aromatic rings. The van der Waals surface area contributed by atoms with Gasteiger partial charge in [-0.2, -0.15) is 0 Å². The van der Waals surface area contributed by atoms with Gasteiger partial charge in [-0.1, -0.05) is 6.92 Å². The van der Waals surface area contributed by atoms with Crippen molar-refractivity contribution in [1.29, 1.82) is 0 Å². The number of sulfone groups is 1. The summed E-state index contributed by atoms with van der Waals surface area (Å²) in [6.07, 6.45) is 0.492. The third-order valence-corrected chi connectivity index (χ3v) is 5.31. The number of nitrogens with one attached hydrogen (secondary N) is 1. The van der Waals surface area contributed by atoms with E-state index in [9.17, 15) is 8.42 Å². The maximum absolute atomic E-state index is 12.0. The molecule has 1 N–H and O–H groups in total. The molecule has 0 spiro atoms. The Hall–Kier alpha value is -0.130. The lowest BCUT2D eigenvalue weighted by atomic mass is 10.3. The Morgan fingerprint density at radius 2 is 2.20 bits per heavy atom. The van der Waals surface area contributed by atoms with Crippen molar-refractivity contribution in [3.63, 3.8) is 0 Å². The largest absolute Gasteiger partial charge is 0.377 e. The Labute approximate surface area is 92.3 Å². The molecular formula is C10H21NO3S. The van der Waals surface area contributed by atoms with Crippen LogP contribution in [0.1, 0.15) is 27.2 Å². The van der Waals surface area contributed by atoms with Crippen molar-refractivity contribution in [2.24, 2.45) is 0 Å². The molecule has 4 nitrogen and oxygen atoms in total. The fraction of sp³-hybridized carbons (Fsp3) is 1.00. The average Bonchev–Trinajstić information content (AvgIpc) is 2.51. The molecule has 15 heavy (non-hydrogen) atoms. The van der Waals surface area contributed by atoms with E-state index >= 15 is 0 Å². The van der Waals surface area contributed by atoms with E-state index in [1.807, 2.05) is 20.8 Å². The van der Waals surface area contributed by atoms with E-state index in [4.69, 9.17) is 4.74 Å². The lowest BCUT2D eigenvalue weighted by molar-refractivity contribution is 0.126. The van der Waals surface area contributed by atoms with Crippen molar-refractivity contribution >= 4 is 9.84 Å². The van der Waals surface area contributed by atoms with Gasteiger partial charge in [-0.05, 0) is 26.8 Å². The SMILES string of the molecule is CCNC(C)CS(=O)(=O)C1CCOC1C. The van der Waals surface area contributed by atoms with Crippen LogP contribution in [-0.2, 0) is 14.6 Å². The van der Waals surface area contributed by atoms with Gasteiger partial charge in [0.1, 0.15) is 0 Å². The summed E-state index contributed by atoms with van der Waals surface area (Å²) in [7, 11) is -3.02. The first kappa shape index (κ1) is 12.9. The first-order valence-corrected chi connectivity index (χ1v) is 7.25. The minimum Gasteiger partial charge on any atom is -0.377 e. The van der Waals surface area contributed by atoms with Crippen LogP contribution in [-0.4, -0.2) is 44.7 Å². The summed E-state index contributed by atoms with van der Waals surface area (Å²) < 4.78 is 29.3. The van der Waals surface area contributed by atoms with E-state index in [1.165, 1.54) is 0 Å². The highest BCUT2D eigenvalue weighted by Gasteiger charge is 2.36. The molecule has 1 fully saturated rings. The highest BCUT2D eigenvalue weighted by Crippen LogP contribution is 2.21. The molecule has 0 aliphatic carbocycles. The van der Waals surface area contributed by atoms with Crippen LogP contribution in [0.25, 0.3) is 0 Å². The second-order valence-corrected chi connectivity index (χ2v) is 6.46. The highest BCUT2D eigenvalue weighted by atomic mass is 32.2. The summed E-state index contributed by atoms with van der Waals surface area (Å²) in [6.45, 7) is 7.09. The maximum atomic E-state index is 12.0. The van der Waals surface area contributed by atoms with E-state index in [2.05, 4.69) is 5.32 Å². The van der Waals surface area contributed by atoms with Crippen LogP contribution in [0.4, 0.5) is 0 Å². The first-order chi connectivity index (χ1) is 6.97. The summed E-state index contributed by atoms with van der Waals surface area (Å²) >= 11 is 0. The molecule has 0 bridgehead atoms. The van der Waals surface area contributed by atoms with Crippen molar-refractivity contribution in [3.8, 4) is 0 Å². The van der Waals surface area contributed by atoms with Gasteiger partial charge in [-0.15, -0.1) is 0 Å². The number of hydrogen-bond donors (Lipinski definition) is 1. The lowest BCUT2D eigenvalue weighted by Gasteiger charge is -2.18. The third kappa shape index (κ3) is 3.43. The van der Waals surface area contributed by atoms with E-state index < -0.39 is 9.84 Å². The van der Waals surface area contributed by atoms with Gasteiger partial charge in [0.25, 0.3) is 0 Å². The molecule has 3 unspecified atom stereocenters. The van der Waals surface area contributed by atoms with Crippen LogP contribution in [0.15, 0.2) is 0 Å². The number of hydrogen-bond acceptors (Lipinski definition) is 4. The summed E-state index contributed by atoms with van der Waals surface area (Å²) in [5.41, 5.74) is 0. The predicted octanol–water partition coefficient (Wildman–Crippen LogP) is 0.577. The van der Waals surface area contributed by atoms with Gasteiger partial charge in [0.2, 0.25) is 0 Å². The van der Waals surface area contributed by atoms with Crippen LogP contribution in [0.5, 0.6) is 0 Å². The van der Waals surface area contributed by atoms with Gasteiger partial charge in [-0.3, -0.25) is 0 Å². The molecule has 0 radical (unpaired) electrons. The van der Waals surface area contributed by atoms with Crippen LogP contribution in [0.3, 0.4) is 0 Å². The Kier molecular flexibility index (Phi) is 4.55. The first-order valence-electron chi connectivity index (χ1n) is 5.54. The monoisotopic (exact) mass is 235 g/mol. The molecule has 3 atom stereocenters. The third-order valence-electron chi connectivity index (χ3n) is 2.80. The molecule has 1 aliphatic heterocycles. The van der Waals surface area contributed by atoms with Gasteiger partial charge >= 0.3 is 0 Å². The number of ether oxygens (including phenoxy) is 1. The quantitative estimate of drug-likeness (QED) is 0.757. The second-order valence-electron chi connectivity index (χ2n) is 4.19. The minimum absolute atomic E-state index is 0.0211. The van der Waals surface area contributed by atoms with Gasteiger partial charge in [0.15, 0.2) is 9.84 Å². The van der Waals surface area contributed by atoms with Crippen LogP contribution < -0.4 is 5.32 Å². The second kappa shape index (κ2) is 5.27. The summed E-state index contributed by atoms with van der Waals surface area (Å²) in [5.74, 6) is 0.208. The standard InChI is InChI=1S/C10H21NO3S/c1-4-11-8(2)7-15(12,13)10-5-6-14-9(10)3/h8-11H,4-7H2,1-3H3. The van der Waals surface area contributed by atoms with Gasteiger partial charge in [0, 0.05) is 12.6 Å². The number of rotatable bonds is 5. The van der Waals surface area contributed by atoms with Gasteiger partial charge < -0.3 is 10.1 Å². The molecule has 0 aromatic carbocycles. The Morgan fingerprint density at radius 3 is 2.67 bits per heavy atom. The normalized spacial score (nSPS) is 29.3. The fourth-order valence-corrected chi connectivity index (χ4v) is 4.24. The van der Waals surface area contributed by atoms with E-state index in [-0.39, 0.29) is 23.1 Å². The molecule has 1 aliphatic rings. The van der Waals surface area contributed by atoms with Crippen molar-refractivity contribution in [2.45, 2.75) is 44.6 Å². The van der Waals surface area contributed by atoms with Gasteiger partial charge in [-0.25, -0.2) is 8.42 Å². The maximum Gasteiger partial charge on any atom is 0.157 e. The van der Waals surface area contributed by atoms with Crippen LogP contribution in [0, 0.1) is 0 Å². The summed E-state index contributed by atoms with van der Waals surface area (Å²) in [4.78, 5) is 0. The summed E-state index contributed by atoms with van der Waals surface area (Å²) in [6, 6.07) is 0.0211. The molecule has 90 valence electrons. The molecule has 1 heterocycles. The minimum atomic E-state index is -3.02. The average molecular weight is 235 g/mol. The van der Waals surface area contributed by atoms with E-state index in [0.717, 1.165) is 6.54 Å². The molecule has 0 amide bonds. The lowest BCUT2D eigenvalue weighted by Crippen LogP contribution is -2.39. The molecule has 0 aromatic heterocycles.